The summed E-state index contributed by atoms with van der Waals surface area (Å²) in [5.74, 6) is 1.52. The van der Waals surface area contributed by atoms with Gasteiger partial charge in [0.2, 0.25) is 5.96 Å². The Morgan fingerprint density at radius 2 is 2.05 bits per heavy atom. The highest BCUT2D eigenvalue weighted by Crippen LogP contribution is 2.43. The fraction of sp³-hybridized carbons (Fsp3) is 0.481. The molecule has 3 aliphatic heterocycles. The molecule has 5 rings (SSSR count). The van der Waals surface area contributed by atoms with Gasteiger partial charge in [0.05, 0.1) is 31.4 Å². The molecule has 1 aromatic heterocycles. The van der Waals surface area contributed by atoms with Crippen LogP contribution in [0.5, 0.6) is 11.5 Å². The molecule has 0 spiro atoms. The molecule has 12 nitrogen and oxygen atoms in total. The van der Waals surface area contributed by atoms with Gasteiger partial charge in [0.25, 0.3) is 5.91 Å². The Bertz CT molecular complexity index is 1290. The molecular weight excluding hydrogens is 502 g/mol. The third kappa shape index (κ3) is 5.62. The van der Waals surface area contributed by atoms with Gasteiger partial charge in [0.1, 0.15) is 23.7 Å². The zero-order valence-electron chi connectivity index (χ0n) is 22.6. The molecule has 39 heavy (non-hydrogen) atoms. The molecular formula is C27H33N7O5. The number of aliphatic imine (C=N–C) groups is 2. The highest BCUT2D eigenvalue weighted by Gasteiger charge is 2.36. The van der Waals surface area contributed by atoms with E-state index in [0.717, 1.165) is 18.7 Å². The van der Waals surface area contributed by atoms with Gasteiger partial charge in [0.15, 0.2) is 11.5 Å². The second-order valence-corrected chi connectivity index (χ2v) is 10.3. The van der Waals surface area contributed by atoms with Crippen LogP contribution < -0.4 is 14.8 Å². The largest absolute Gasteiger partial charge is 0.491 e. The number of morpholine rings is 1. The Balaban J connectivity index is 1.39. The van der Waals surface area contributed by atoms with E-state index in [-0.39, 0.29) is 24.7 Å². The first-order valence-corrected chi connectivity index (χ1v) is 13.0. The van der Waals surface area contributed by atoms with Crippen LogP contribution in [0, 0.1) is 4.91 Å². The summed E-state index contributed by atoms with van der Waals surface area (Å²) in [6, 6.07) is 7.03. The van der Waals surface area contributed by atoms with Gasteiger partial charge >= 0.3 is 0 Å². The maximum Gasteiger partial charge on any atom is 0.259 e. The zero-order valence-corrected chi connectivity index (χ0v) is 22.6. The van der Waals surface area contributed by atoms with Crippen molar-refractivity contribution < 1.29 is 19.0 Å². The predicted molar refractivity (Wildman–Crippen MR) is 146 cm³/mol. The standard InChI is InChI=1S/C27H33N7O5/c1-17-13-33(14-18(2)39-17)15-27(3,32-36)16-38-21-8-7-20-22(23(21)37-4)30-26(34-11-10-29-24(20)34)31-25(35)19-6-5-9-28-12-19/h5-9,12,17-18H,10-11,13-16H2,1-4H3,(H,30,31,35)/t17-,18+,27?. The van der Waals surface area contributed by atoms with Gasteiger partial charge in [-0.1, -0.05) is 5.18 Å². The molecule has 1 saturated heterocycles. The van der Waals surface area contributed by atoms with E-state index >= 15 is 0 Å². The van der Waals surface area contributed by atoms with Crippen LogP contribution >= 0.6 is 0 Å². The van der Waals surface area contributed by atoms with Crippen LogP contribution in [0.1, 0.15) is 36.7 Å². The van der Waals surface area contributed by atoms with E-state index in [2.05, 4.69) is 25.4 Å². The Morgan fingerprint density at radius 1 is 1.26 bits per heavy atom. The van der Waals surface area contributed by atoms with Crippen molar-refractivity contribution >= 4 is 23.4 Å². The van der Waals surface area contributed by atoms with Crippen LogP contribution in [-0.4, -0.2) is 96.7 Å². The number of methoxy groups -OCH3 is 1. The summed E-state index contributed by atoms with van der Waals surface area (Å²) in [6.45, 7) is 8.91. The number of nitroso groups, excluding NO2 is 1. The third-order valence-electron chi connectivity index (χ3n) is 6.82. The van der Waals surface area contributed by atoms with E-state index < -0.39 is 5.54 Å². The average Bonchev–Trinajstić information content (AvgIpc) is 3.42. The van der Waals surface area contributed by atoms with Crippen LogP contribution in [0.15, 0.2) is 51.8 Å². The minimum absolute atomic E-state index is 0.0488. The molecule has 4 heterocycles. The summed E-state index contributed by atoms with van der Waals surface area (Å²) in [4.78, 5) is 42.3. The second-order valence-electron chi connectivity index (χ2n) is 10.3. The fourth-order valence-electron chi connectivity index (χ4n) is 5.20. The molecule has 12 heteroatoms. The number of rotatable bonds is 8. The van der Waals surface area contributed by atoms with Gasteiger partial charge < -0.3 is 14.2 Å². The first kappa shape index (κ1) is 26.7. The first-order valence-electron chi connectivity index (χ1n) is 13.0. The lowest BCUT2D eigenvalue weighted by Crippen LogP contribution is -2.52. The van der Waals surface area contributed by atoms with Gasteiger partial charge in [-0.2, -0.15) is 4.91 Å². The Kier molecular flexibility index (Phi) is 7.58. The van der Waals surface area contributed by atoms with Gasteiger partial charge in [-0.3, -0.25) is 29.9 Å². The van der Waals surface area contributed by atoms with Gasteiger partial charge in [0, 0.05) is 44.1 Å². The monoisotopic (exact) mass is 535 g/mol. The van der Waals surface area contributed by atoms with Crippen LogP contribution in [0.25, 0.3) is 0 Å². The topological polar surface area (TPSA) is 130 Å². The number of nitrogens with zero attached hydrogens (tertiary/aromatic N) is 6. The van der Waals surface area contributed by atoms with E-state index in [1.165, 1.54) is 13.3 Å². The molecule has 1 fully saturated rings. The van der Waals surface area contributed by atoms with Gasteiger partial charge in [-0.25, -0.2) is 4.99 Å². The van der Waals surface area contributed by atoms with Crippen LogP contribution in [0.2, 0.25) is 0 Å². The normalized spacial score (nSPS) is 22.1. The number of fused-ring (bicyclic) bond motifs is 3. The van der Waals surface area contributed by atoms with Crippen molar-refractivity contribution in [2.75, 3.05) is 46.4 Å². The Labute approximate surface area is 227 Å². The van der Waals surface area contributed by atoms with Crippen molar-refractivity contribution in [2.45, 2.75) is 38.5 Å². The maximum atomic E-state index is 12.9. The minimum Gasteiger partial charge on any atom is -0.491 e. The summed E-state index contributed by atoms with van der Waals surface area (Å²) >= 11 is 0. The number of amides is 1. The van der Waals surface area contributed by atoms with Crippen molar-refractivity contribution in [3.8, 4) is 11.5 Å². The van der Waals surface area contributed by atoms with Crippen LogP contribution in [0.3, 0.4) is 0 Å². The Hall–Kier alpha value is -3.90. The summed E-state index contributed by atoms with van der Waals surface area (Å²) in [7, 11) is 1.53. The van der Waals surface area contributed by atoms with Crippen LogP contribution in [0.4, 0.5) is 5.69 Å². The number of benzene rings is 1. The molecule has 3 aliphatic rings. The van der Waals surface area contributed by atoms with E-state index in [9.17, 15) is 9.70 Å². The van der Waals surface area contributed by atoms with Crippen molar-refractivity contribution in [3.05, 3.63) is 52.7 Å². The molecule has 0 radical (unpaired) electrons. The predicted octanol–water partition coefficient (Wildman–Crippen LogP) is 2.60. The molecule has 1 N–H and O–H groups in total. The smallest absolute Gasteiger partial charge is 0.259 e. The molecule has 0 saturated carbocycles. The number of carbonyl (C=O) groups is 1. The Morgan fingerprint density at radius 3 is 2.74 bits per heavy atom. The van der Waals surface area contributed by atoms with Gasteiger partial charge in [-0.15, -0.1) is 0 Å². The first-order chi connectivity index (χ1) is 18.8. The van der Waals surface area contributed by atoms with Crippen molar-refractivity contribution in [1.29, 1.82) is 0 Å². The number of amidine groups is 1. The summed E-state index contributed by atoms with van der Waals surface area (Å²) in [5, 5.41) is 6.32. The number of ether oxygens (including phenoxy) is 3. The van der Waals surface area contributed by atoms with Crippen molar-refractivity contribution in [1.82, 2.24) is 20.1 Å². The molecule has 1 unspecified atom stereocenters. The zero-order chi connectivity index (χ0) is 27.6. The lowest BCUT2D eigenvalue weighted by molar-refractivity contribution is -0.0734. The quantitative estimate of drug-likeness (QED) is 0.511. The second kappa shape index (κ2) is 11.1. The number of hydrogen-bond donors (Lipinski definition) is 1. The number of hydrogen-bond acceptors (Lipinski definition) is 11. The summed E-state index contributed by atoms with van der Waals surface area (Å²) < 4.78 is 17.7. The van der Waals surface area contributed by atoms with E-state index in [1.807, 2.05) is 24.8 Å². The number of nitrogens with one attached hydrogen (secondary N) is 1. The summed E-state index contributed by atoms with van der Waals surface area (Å²) in [5.41, 5.74) is 0.682. The highest BCUT2D eigenvalue weighted by molar-refractivity contribution is 6.20. The number of carbonyl (C=O) groups excluding carboxylic acids is 1. The molecule has 1 aromatic carbocycles. The van der Waals surface area contributed by atoms with E-state index in [1.54, 1.807) is 31.3 Å². The lowest BCUT2D eigenvalue weighted by atomic mass is 10.0. The molecule has 2 aromatic rings. The molecule has 3 atom stereocenters. The number of guanidine groups is 1. The molecule has 0 bridgehead atoms. The summed E-state index contributed by atoms with van der Waals surface area (Å²) in [6.07, 6.45) is 3.26. The number of aromatic nitrogens is 1. The molecule has 1 amide bonds. The van der Waals surface area contributed by atoms with E-state index in [4.69, 9.17) is 19.2 Å². The lowest BCUT2D eigenvalue weighted by Gasteiger charge is -2.38. The maximum absolute atomic E-state index is 12.9. The van der Waals surface area contributed by atoms with Crippen LogP contribution in [-0.2, 0) is 4.74 Å². The van der Waals surface area contributed by atoms with E-state index in [0.29, 0.717) is 54.2 Å². The minimum atomic E-state index is -0.990. The van der Waals surface area contributed by atoms with Crippen molar-refractivity contribution in [2.24, 2.45) is 15.2 Å². The molecule has 206 valence electrons. The highest BCUT2D eigenvalue weighted by atomic mass is 16.5. The van der Waals surface area contributed by atoms with Crippen molar-refractivity contribution in [3.63, 3.8) is 0 Å². The average molecular weight is 536 g/mol. The third-order valence-corrected chi connectivity index (χ3v) is 6.82. The fourth-order valence-corrected chi connectivity index (χ4v) is 5.20. The SMILES string of the molecule is COc1c(OCC(C)(CN2C[C@@H](C)O[C@@H](C)C2)N=O)ccc2c1N=C(NC(=O)c1cccnc1)N1CCN=C21. The van der Waals surface area contributed by atoms with Gasteiger partial charge in [-0.05, 0) is 45.0 Å². The number of pyridine rings is 1. The molecule has 0 aliphatic carbocycles.